The third-order valence-corrected chi connectivity index (χ3v) is 11.5. The summed E-state index contributed by atoms with van der Waals surface area (Å²) in [5.74, 6) is 0. The van der Waals surface area contributed by atoms with Gasteiger partial charge in [-0.25, -0.2) is 0 Å². The van der Waals surface area contributed by atoms with Crippen molar-refractivity contribution in [1.82, 2.24) is 0 Å². The van der Waals surface area contributed by atoms with Crippen LogP contribution in [0.5, 0.6) is 0 Å². The smallest absolute Gasteiger partial charge is 0.186 e. The molecule has 1 aliphatic heterocycles. The highest BCUT2D eigenvalue weighted by molar-refractivity contribution is 6.71. The van der Waals surface area contributed by atoms with Crippen LogP contribution in [0.25, 0.3) is 0 Å². The summed E-state index contributed by atoms with van der Waals surface area (Å²) in [6, 6.07) is 0. The van der Waals surface area contributed by atoms with E-state index in [2.05, 4.69) is 118 Å². The number of ether oxygens (including phenoxy) is 2. The molecular formula is C27H66O8Si6. The van der Waals surface area contributed by atoms with Crippen LogP contribution in [0.1, 0.15) is 0 Å². The summed E-state index contributed by atoms with van der Waals surface area (Å²) in [4.78, 5) is 0. The van der Waals surface area contributed by atoms with Gasteiger partial charge in [-0.05, 0) is 118 Å². The molecular weight excluding hydrogens is 621 g/mol. The molecule has 0 aromatic carbocycles. The zero-order valence-electron chi connectivity index (χ0n) is 29.9. The predicted octanol–water partition coefficient (Wildman–Crippen LogP) is 7.31. The van der Waals surface area contributed by atoms with E-state index in [1.165, 1.54) is 0 Å². The molecule has 0 radical (unpaired) electrons. The molecule has 14 heteroatoms. The van der Waals surface area contributed by atoms with Gasteiger partial charge in [0, 0.05) is 0 Å². The van der Waals surface area contributed by atoms with Crippen LogP contribution in [0.3, 0.4) is 0 Å². The van der Waals surface area contributed by atoms with Gasteiger partial charge in [0.2, 0.25) is 0 Å². The summed E-state index contributed by atoms with van der Waals surface area (Å²) in [6.07, 6.45) is -2.42. The minimum Gasteiger partial charge on any atom is -0.415 e. The van der Waals surface area contributed by atoms with Crippen LogP contribution < -0.4 is 0 Å². The highest BCUT2D eigenvalue weighted by Crippen LogP contribution is 2.35. The monoisotopic (exact) mass is 686 g/mol. The van der Waals surface area contributed by atoms with Gasteiger partial charge in [-0.1, -0.05) is 0 Å². The van der Waals surface area contributed by atoms with Crippen molar-refractivity contribution in [2.24, 2.45) is 0 Å². The molecule has 0 spiro atoms. The van der Waals surface area contributed by atoms with Crippen molar-refractivity contribution >= 4 is 49.9 Å². The summed E-state index contributed by atoms with van der Waals surface area (Å²) in [6.45, 7) is 41.0. The fraction of sp³-hybridized carbons (Fsp3) is 1.00. The van der Waals surface area contributed by atoms with Gasteiger partial charge in [-0.3, -0.25) is 0 Å². The zero-order valence-corrected chi connectivity index (χ0v) is 35.9. The van der Waals surface area contributed by atoms with Crippen LogP contribution in [-0.4, -0.2) is 107 Å². The van der Waals surface area contributed by atoms with Crippen LogP contribution in [0, 0.1) is 0 Å². The molecule has 0 amide bonds. The molecule has 5 atom stereocenters. The Kier molecular flexibility index (Phi) is 14.7. The van der Waals surface area contributed by atoms with Crippen molar-refractivity contribution in [3.8, 4) is 0 Å². The standard InChI is InChI=1S/C27H66O8Si6/c1-36(2,3)28-19-22(20-29-37(4,5)6)31-27-26(35-41(16,17)18)25(34-40(13,14)15)24(33-39(10,11)12)23(32-27)21-30-38(7,8)9/h22-27H,19-21H2,1-18H3/t23-,24+,25+,26-,27+/m0/s1. The van der Waals surface area contributed by atoms with Crippen molar-refractivity contribution in [1.29, 1.82) is 0 Å². The fourth-order valence-electron chi connectivity index (χ4n) is 4.08. The molecule has 8 nitrogen and oxygen atoms in total. The minimum absolute atomic E-state index is 0.299. The van der Waals surface area contributed by atoms with Gasteiger partial charge in [0.15, 0.2) is 56.2 Å². The Balaban J connectivity index is 3.61. The van der Waals surface area contributed by atoms with Crippen molar-refractivity contribution in [2.75, 3.05) is 19.8 Å². The second kappa shape index (κ2) is 15.0. The maximum atomic E-state index is 6.98. The van der Waals surface area contributed by atoms with Crippen molar-refractivity contribution in [3.63, 3.8) is 0 Å². The first-order valence-electron chi connectivity index (χ1n) is 15.3. The van der Waals surface area contributed by atoms with Gasteiger partial charge < -0.3 is 36.0 Å². The third kappa shape index (κ3) is 18.5. The van der Waals surface area contributed by atoms with E-state index in [4.69, 9.17) is 36.0 Å². The largest absolute Gasteiger partial charge is 0.415 e. The Morgan fingerprint density at radius 2 is 0.829 bits per heavy atom. The SMILES string of the molecule is C[Si](C)(C)OCC(CO[Si](C)(C)C)O[C@@H]1O[C@@H](CO[Si](C)(C)C)[C@@H](O[Si](C)(C)C)[C@@H](O[Si](C)(C)C)[C@@H]1O[Si](C)(C)C. The minimum atomic E-state index is -2.05. The van der Waals surface area contributed by atoms with E-state index in [-0.39, 0.29) is 24.4 Å². The zero-order chi connectivity index (χ0) is 32.2. The van der Waals surface area contributed by atoms with Gasteiger partial charge in [0.1, 0.15) is 30.5 Å². The first-order valence-corrected chi connectivity index (χ1v) is 35.7. The predicted molar refractivity (Wildman–Crippen MR) is 186 cm³/mol. The second-order valence-electron chi connectivity index (χ2n) is 17.2. The fourth-order valence-corrected chi connectivity index (χ4v) is 9.37. The molecule has 41 heavy (non-hydrogen) atoms. The lowest BCUT2D eigenvalue weighted by molar-refractivity contribution is -0.304. The lowest BCUT2D eigenvalue weighted by Gasteiger charge is -2.51. The van der Waals surface area contributed by atoms with E-state index in [9.17, 15) is 0 Å². The van der Waals surface area contributed by atoms with Crippen LogP contribution in [0.15, 0.2) is 0 Å². The van der Waals surface area contributed by atoms with E-state index in [1.54, 1.807) is 0 Å². The number of hydrogen-bond donors (Lipinski definition) is 0. The topological polar surface area (TPSA) is 73.8 Å². The molecule has 1 fully saturated rings. The molecule has 1 aliphatic rings. The highest BCUT2D eigenvalue weighted by atomic mass is 28.4. The molecule has 0 aliphatic carbocycles. The molecule has 0 bridgehead atoms. The van der Waals surface area contributed by atoms with E-state index in [0.29, 0.717) is 19.8 Å². The molecule has 1 rings (SSSR count). The third-order valence-electron chi connectivity index (χ3n) is 5.47. The van der Waals surface area contributed by atoms with Gasteiger partial charge in [0.05, 0.1) is 19.8 Å². The summed E-state index contributed by atoms with van der Waals surface area (Å²) in [5.41, 5.74) is 0. The average Bonchev–Trinajstić information content (AvgIpc) is 2.68. The van der Waals surface area contributed by atoms with E-state index in [1.807, 2.05) is 0 Å². The maximum Gasteiger partial charge on any atom is 0.186 e. The molecule has 0 aromatic rings. The van der Waals surface area contributed by atoms with Gasteiger partial charge in [-0.15, -0.1) is 0 Å². The average molecular weight is 687 g/mol. The normalized spacial score (nSPS) is 25.7. The number of rotatable bonds is 17. The first-order chi connectivity index (χ1) is 18.0. The van der Waals surface area contributed by atoms with Crippen LogP contribution >= 0.6 is 0 Å². The van der Waals surface area contributed by atoms with Crippen molar-refractivity contribution in [2.45, 2.75) is 155 Å². The van der Waals surface area contributed by atoms with Gasteiger partial charge >= 0.3 is 0 Å². The van der Waals surface area contributed by atoms with Crippen LogP contribution in [0.2, 0.25) is 118 Å². The summed E-state index contributed by atoms with van der Waals surface area (Å²) >= 11 is 0. The molecule has 0 aromatic heterocycles. The molecule has 0 N–H and O–H groups in total. The van der Waals surface area contributed by atoms with Crippen LogP contribution in [0.4, 0.5) is 0 Å². The maximum absolute atomic E-state index is 6.98. The quantitative estimate of drug-likeness (QED) is 0.148. The molecule has 0 unspecified atom stereocenters. The van der Waals surface area contributed by atoms with Gasteiger partial charge in [0.25, 0.3) is 0 Å². The summed E-state index contributed by atoms with van der Waals surface area (Å²) in [7, 11) is -11.5. The Morgan fingerprint density at radius 3 is 1.20 bits per heavy atom. The molecule has 246 valence electrons. The Labute approximate surface area is 259 Å². The van der Waals surface area contributed by atoms with E-state index in [0.717, 1.165) is 0 Å². The van der Waals surface area contributed by atoms with E-state index < -0.39 is 62.3 Å². The summed E-state index contributed by atoms with van der Waals surface area (Å²) in [5, 5.41) is 0. The Hall–Kier alpha value is 0.981. The summed E-state index contributed by atoms with van der Waals surface area (Å²) < 4.78 is 53.6. The number of hydrogen-bond acceptors (Lipinski definition) is 8. The highest BCUT2D eigenvalue weighted by Gasteiger charge is 2.52. The van der Waals surface area contributed by atoms with Gasteiger partial charge in [-0.2, -0.15) is 0 Å². The van der Waals surface area contributed by atoms with Crippen molar-refractivity contribution < 1.29 is 36.0 Å². The van der Waals surface area contributed by atoms with Crippen molar-refractivity contribution in [3.05, 3.63) is 0 Å². The lowest BCUT2D eigenvalue weighted by atomic mass is 9.99. The van der Waals surface area contributed by atoms with E-state index >= 15 is 0 Å². The molecule has 1 heterocycles. The van der Waals surface area contributed by atoms with Crippen LogP contribution in [-0.2, 0) is 36.0 Å². The Bertz CT molecular complexity index is 758. The second-order valence-corrected chi connectivity index (χ2v) is 44.1. The lowest BCUT2D eigenvalue weighted by Crippen LogP contribution is -2.67. The first kappa shape index (κ1) is 40.0. The molecule has 0 saturated carbocycles. The molecule has 1 saturated heterocycles. The Morgan fingerprint density at radius 1 is 0.463 bits per heavy atom.